The van der Waals surface area contributed by atoms with E-state index < -0.39 is 0 Å². The third kappa shape index (κ3) is 2.87. The fourth-order valence-corrected chi connectivity index (χ4v) is 3.25. The van der Waals surface area contributed by atoms with Gasteiger partial charge in [-0.25, -0.2) is 0 Å². The van der Waals surface area contributed by atoms with Gasteiger partial charge in [-0.2, -0.15) is 0 Å². The zero-order valence-electron chi connectivity index (χ0n) is 11.0. The monoisotopic (exact) mass is 274 g/mol. The van der Waals surface area contributed by atoms with Crippen LogP contribution in [0.1, 0.15) is 60.1 Å². The Balaban J connectivity index is 1.75. The molecule has 0 N–H and O–H groups in total. The summed E-state index contributed by atoms with van der Waals surface area (Å²) < 4.78 is 5.09. The van der Waals surface area contributed by atoms with Gasteiger partial charge >= 0.3 is 0 Å². The summed E-state index contributed by atoms with van der Waals surface area (Å²) in [6.45, 7) is 0. The fourth-order valence-electron chi connectivity index (χ4n) is 2.98. The maximum Gasteiger partial charge on any atom is 0.0952 e. The van der Waals surface area contributed by atoms with Crippen molar-refractivity contribution < 1.29 is 4.42 Å². The van der Waals surface area contributed by atoms with Crippen molar-refractivity contribution in [2.45, 2.75) is 43.4 Å². The van der Waals surface area contributed by atoms with E-state index in [9.17, 15) is 0 Å². The van der Waals surface area contributed by atoms with Crippen LogP contribution in [0.3, 0.4) is 0 Å². The molecule has 0 aliphatic heterocycles. The van der Waals surface area contributed by atoms with Crippen LogP contribution < -0.4 is 0 Å². The van der Waals surface area contributed by atoms with Crippen LogP contribution in [-0.2, 0) is 0 Å². The third-order valence-electron chi connectivity index (χ3n) is 4.14. The molecule has 100 valence electrons. The van der Waals surface area contributed by atoms with E-state index in [4.69, 9.17) is 16.0 Å². The molecule has 0 saturated heterocycles. The Morgan fingerprint density at radius 2 is 1.68 bits per heavy atom. The summed E-state index contributed by atoms with van der Waals surface area (Å²) in [6.07, 6.45) is 10.2. The average Bonchev–Trinajstić information content (AvgIpc) is 3.02. The van der Waals surface area contributed by atoms with E-state index in [1.165, 1.54) is 37.7 Å². The third-order valence-corrected chi connectivity index (χ3v) is 4.65. The molecule has 2 aromatic rings. The number of hydrogen-bond acceptors (Lipinski definition) is 1. The van der Waals surface area contributed by atoms with E-state index in [1.54, 1.807) is 12.5 Å². The first-order valence-corrected chi connectivity index (χ1v) is 7.54. The maximum absolute atomic E-state index is 6.45. The molecule has 1 unspecified atom stereocenters. The minimum atomic E-state index is -0.112. The minimum absolute atomic E-state index is 0.112. The highest BCUT2D eigenvalue weighted by Gasteiger charge is 2.16. The highest BCUT2D eigenvalue weighted by atomic mass is 35.5. The summed E-state index contributed by atoms with van der Waals surface area (Å²) in [5.41, 5.74) is 3.63. The first kappa shape index (κ1) is 12.8. The summed E-state index contributed by atoms with van der Waals surface area (Å²) in [5, 5.41) is -0.112. The van der Waals surface area contributed by atoms with Gasteiger partial charge in [0.1, 0.15) is 0 Å². The van der Waals surface area contributed by atoms with Crippen molar-refractivity contribution >= 4 is 11.6 Å². The first-order valence-electron chi connectivity index (χ1n) is 7.10. The van der Waals surface area contributed by atoms with Crippen LogP contribution in [0.15, 0.2) is 47.3 Å². The van der Waals surface area contributed by atoms with E-state index >= 15 is 0 Å². The normalized spacial score (nSPS) is 18.4. The van der Waals surface area contributed by atoms with Crippen LogP contribution in [0, 0.1) is 0 Å². The average molecular weight is 275 g/mol. The molecule has 1 heterocycles. The summed E-state index contributed by atoms with van der Waals surface area (Å²) in [4.78, 5) is 0. The number of furan rings is 1. The van der Waals surface area contributed by atoms with E-state index in [2.05, 4.69) is 24.3 Å². The van der Waals surface area contributed by atoms with E-state index in [-0.39, 0.29) is 5.38 Å². The molecule has 19 heavy (non-hydrogen) atoms. The Kier molecular flexibility index (Phi) is 3.93. The molecule has 1 fully saturated rings. The van der Waals surface area contributed by atoms with Crippen molar-refractivity contribution in [2.24, 2.45) is 0 Å². The molecule has 0 bridgehead atoms. The van der Waals surface area contributed by atoms with Gasteiger partial charge in [-0.1, -0.05) is 43.5 Å². The van der Waals surface area contributed by atoms with Gasteiger partial charge in [0.05, 0.1) is 17.9 Å². The number of benzene rings is 1. The van der Waals surface area contributed by atoms with E-state index in [0.29, 0.717) is 0 Å². The molecule has 2 heteroatoms. The molecule has 0 radical (unpaired) electrons. The molecule has 3 rings (SSSR count). The number of halogens is 1. The summed E-state index contributed by atoms with van der Waals surface area (Å²) in [6, 6.07) is 10.7. The van der Waals surface area contributed by atoms with Gasteiger partial charge in [-0.05, 0) is 36.0 Å². The topological polar surface area (TPSA) is 13.1 Å². The predicted octanol–water partition coefficient (Wildman–Crippen LogP) is 5.66. The lowest BCUT2D eigenvalue weighted by Crippen LogP contribution is -2.04. The Labute approximate surface area is 119 Å². The van der Waals surface area contributed by atoms with Crippen LogP contribution in [0.25, 0.3) is 0 Å². The molecule has 1 aliphatic carbocycles. The second-order valence-corrected chi connectivity index (χ2v) is 5.86. The second-order valence-electron chi connectivity index (χ2n) is 5.42. The zero-order chi connectivity index (χ0) is 13.1. The quantitative estimate of drug-likeness (QED) is 0.659. The van der Waals surface area contributed by atoms with Gasteiger partial charge in [-0.15, -0.1) is 11.6 Å². The van der Waals surface area contributed by atoms with E-state index in [1.807, 2.05) is 6.07 Å². The summed E-state index contributed by atoms with van der Waals surface area (Å²) in [5.74, 6) is 0.755. The molecular weight excluding hydrogens is 256 g/mol. The standard InChI is InChI=1S/C17H19ClO/c18-17(16-10-11-19-12-16)15-8-6-14(7-9-15)13-4-2-1-3-5-13/h6-13,17H,1-5H2. The molecule has 1 saturated carbocycles. The fraction of sp³-hybridized carbons (Fsp3) is 0.412. The highest BCUT2D eigenvalue weighted by Crippen LogP contribution is 2.34. The van der Waals surface area contributed by atoms with Crippen molar-refractivity contribution in [3.05, 3.63) is 59.5 Å². The van der Waals surface area contributed by atoms with Crippen molar-refractivity contribution in [2.75, 3.05) is 0 Å². The van der Waals surface area contributed by atoms with Gasteiger partial charge < -0.3 is 4.42 Å². The zero-order valence-corrected chi connectivity index (χ0v) is 11.8. The van der Waals surface area contributed by atoms with Crippen LogP contribution in [0.5, 0.6) is 0 Å². The number of alkyl halides is 1. The van der Waals surface area contributed by atoms with Gasteiger partial charge in [0.2, 0.25) is 0 Å². The summed E-state index contributed by atoms with van der Waals surface area (Å²) >= 11 is 6.45. The van der Waals surface area contributed by atoms with Crippen molar-refractivity contribution in [1.82, 2.24) is 0 Å². The molecule has 1 atom stereocenters. The minimum Gasteiger partial charge on any atom is -0.472 e. The predicted molar refractivity (Wildman–Crippen MR) is 78.7 cm³/mol. The van der Waals surface area contributed by atoms with Crippen LogP contribution >= 0.6 is 11.6 Å². The smallest absolute Gasteiger partial charge is 0.0952 e. The molecule has 0 amide bonds. The molecule has 1 aliphatic rings. The molecule has 1 nitrogen and oxygen atoms in total. The lowest BCUT2D eigenvalue weighted by molar-refractivity contribution is 0.443. The Hall–Kier alpha value is -1.21. The number of rotatable bonds is 3. The molecule has 1 aromatic heterocycles. The Morgan fingerprint density at radius 3 is 2.32 bits per heavy atom. The number of hydrogen-bond donors (Lipinski definition) is 0. The SMILES string of the molecule is ClC(c1ccc(C2CCCCC2)cc1)c1ccoc1. The van der Waals surface area contributed by atoms with Crippen molar-refractivity contribution in [1.29, 1.82) is 0 Å². The van der Waals surface area contributed by atoms with Crippen molar-refractivity contribution in [3.8, 4) is 0 Å². The molecule has 1 aromatic carbocycles. The maximum atomic E-state index is 6.45. The van der Waals surface area contributed by atoms with Crippen LogP contribution in [0.2, 0.25) is 0 Å². The van der Waals surface area contributed by atoms with Crippen molar-refractivity contribution in [3.63, 3.8) is 0 Å². The van der Waals surface area contributed by atoms with Gasteiger partial charge in [0.25, 0.3) is 0 Å². The van der Waals surface area contributed by atoms with Gasteiger partial charge in [0.15, 0.2) is 0 Å². The van der Waals surface area contributed by atoms with Gasteiger partial charge in [0, 0.05) is 5.56 Å². The van der Waals surface area contributed by atoms with E-state index in [0.717, 1.165) is 17.0 Å². The highest BCUT2D eigenvalue weighted by molar-refractivity contribution is 6.22. The lowest BCUT2D eigenvalue weighted by Gasteiger charge is -2.22. The first-order chi connectivity index (χ1) is 9.34. The largest absolute Gasteiger partial charge is 0.472 e. The van der Waals surface area contributed by atoms with Crippen LogP contribution in [0.4, 0.5) is 0 Å². The van der Waals surface area contributed by atoms with Gasteiger partial charge in [-0.3, -0.25) is 0 Å². The Morgan fingerprint density at radius 1 is 0.947 bits per heavy atom. The summed E-state index contributed by atoms with van der Waals surface area (Å²) in [7, 11) is 0. The van der Waals surface area contributed by atoms with Crippen LogP contribution in [-0.4, -0.2) is 0 Å². The molecule has 0 spiro atoms. The molecular formula is C17H19ClO. The lowest BCUT2D eigenvalue weighted by atomic mass is 9.84. The Bertz CT molecular complexity index is 495. The second kappa shape index (κ2) is 5.83.